The Morgan fingerprint density at radius 3 is 2.95 bits per heavy atom. The third-order valence-electron chi connectivity index (χ3n) is 3.48. The topological polar surface area (TPSA) is 67.9 Å². The van der Waals surface area contributed by atoms with Gasteiger partial charge < -0.3 is 15.4 Å². The Morgan fingerprint density at radius 1 is 1.57 bits per heavy atom. The van der Waals surface area contributed by atoms with E-state index >= 15 is 0 Å². The fourth-order valence-electron chi connectivity index (χ4n) is 2.46. The summed E-state index contributed by atoms with van der Waals surface area (Å²) in [6, 6.07) is 4.58. The largest absolute Gasteiger partial charge is 0.386 e. The molecule has 1 aromatic carbocycles. The number of carbonyl (C=O) groups excluding carboxylic acids is 1. The molecule has 114 valence electrons. The first kappa shape index (κ1) is 15.4. The molecule has 6 heteroatoms. The molecule has 0 unspecified atom stereocenters. The highest BCUT2D eigenvalue weighted by Crippen LogP contribution is 2.32. The number of ether oxygens (including phenoxy) is 1. The molecule has 0 spiro atoms. The van der Waals surface area contributed by atoms with Gasteiger partial charge in [0.05, 0.1) is 6.61 Å². The molecule has 0 aliphatic carbocycles. The molecule has 1 atom stereocenters. The Labute approximate surface area is 123 Å². The van der Waals surface area contributed by atoms with Gasteiger partial charge in [-0.1, -0.05) is 6.92 Å². The van der Waals surface area contributed by atoms with E-state index in [1.807, 2.05) is 6.92 Å². The van der Waals surface area contributed by atoms with E-state index in [1.165, 1.54) is 6.07 Å². The molecular formula is C15H20FN3O2. The lowest BCUT2D eigenvalue weighted by atomic mass is 9.91. The minimum Gasteiger partial charge on any atom is -0.386 e. The van der Waals surface area contributed by atoms with Crippen LogP contribution in [0.5, 0.6) is 0 Å². The van der Waals surface area contributed by atoms with E-state index in [4.69, 9.17) is 10.5 Å². The quantitative estimate of drug-likeness (QED) is 0.842. The number of hydrogen-bond donors (Lipinski definition) is 1. The number of hydrogen-bond acceptors (Lipinski definition) is 4. The van der Waals surface area contributed by atoms with Gasteiger partial charge in [-0.3, -0.25) is 9.79 Å². The lowest BCUT2D eigenvalue weighted by Gasteiger charge is -2.31. The van der Waals surface area contributed by atoms with Crippen molar-refractivity contribution in [1.82, 2.24) is 0 Å². The highest BCUT2D eigenvalue weighted by Gasteiger charge is 2.33. The van der Waals surface area contributed by atoms with E-state index < -0.39 is 5.54 Å². The fraction of sp³-hybridized carbons (Fsp3) is 0.467. The van der Waals surface area contributed by atoms with Crippen molar-refractivity contribution in [2.45, 2.75) is 25.8 Å². The summed E-state index contributed by atoms with van der Waals surface area (Å²) in [4.78, 5) is 17.0. The minimum atomic E-state index is -0.872. The summed E-state index contributed by atoms with van der Waals surface area (Å²) >= 11 is 0. The van der Waals surface area contributed by atoms with Gasteiger partial charge in [-0.25, -0.2) is 4.39 Å². The Kier molecular flexibility index (Phi) is 4.57. The van der Waals surface area contributed by atoms with E-state index in [-0.39, 0.29) is 19.0 Å². The number of amidine groups is 1. The first-order valence-electron chi connectivity index (χ1n) is 6.94. The smallest absolute Gasteiger partial charge is 0.214 e. The van der Waals surface area contributed by atoms with Crippen molar-refractivity contribution in [2.75, 3.05) is 24.7 Å². The van der Waals surface area contributed by atoms with Crippen LogP contribution in [-0.4, -0.2) is 32.0 Å². The normalized spacial score (nSPS) is 21.8. The summed E-state index contributed by atoms with van der Waals surface area (Å²) in [5, 5.41) is 0. The van der Waals surface area contributed by atoms with Gasteiger partial charge in [0.25, 0.3) is 0 Å². The molecule has 5 nitrogen and oxygen atoms in total. The van der Waals surface area contributed by atoms with Crippen molar-refractivity contribution in [2.24, 2.45) is 10.7 Å². The second-order valence-electron chi connectivity index (χ2n) is 5.33. The molecule has 0 fully saturated rings. The van der Waals surface area contributed by atoms with Crippen LogP contribution in [0.15, 0.2) is 23.2 Å². The van der Waals surface area contributed by atoms with Crippen LogP contribution in [0.25, 0.3) is 0 Å². The molecular weight excluding hydrogens is 273 g/mol. The van der Waals surface area contributed by atoms with Gasteiger partial charge in [0.1, 0.15) is 23.8 Å². The summed E-state index contributed by atoms with van der Waals surface area (Å²) in [6.07, 6.45) is 1.56. The number of anilines is 1. The number of amides is 1. The predicted molar refractivity (Wildman–Crippen MR) is 79.9 cm³/mol. The number of carbonyl (C=O) groups is 1. The first-order chi connectivity index (χ1) is 10.00. The molecule has 1 aliphatic heterocycles. The van der Waals surface area contributed by atoms with Gasteiger partial charge in [-0.05, 0) is 31.5 Å². The highest BCUT2D eigenvalue weighted by molar-refractivity contribution is 5.82. The summed E-state index contributed by atoms with van der Waals surface area (Å²) < 4.78 is 19.6. The molecule has 1 aromatic rings. The summed E-state index contributed by atoms with van der Waals surface area (Å²) in [6.45, 7) is 4.83. The Bertz CT molecular complexity index is 562. The van der Waals surface area contributed by atoms with Crippen molar-refractivity contribution < 1.29 is 13.9 Å². The van der Waals surface area contributed by atoms with Crippen LogP contribution < -0.4 is 10.6 Å². The summed E-state index contributed by atoms with van der Waals surface area (Å²) in [5.41, 5.74) is 5.86. The maximum absolute atomic E-state index is 14.2. The molecule has 0 radical (unpaired) electrons. The molecule has 1 heterocycles. The van der Waals surface area contributed by atoms with Crippen LogP contribution in [-0.2, 0) is 15.1 Å². The van der Waals surface area contributed by atoms with Crippen molar-refractivity contribution >= 4 is 17.9 Å². The van der Waals surface area contributed by atoms with Gasteiger partial charge in [0.15, 0.2) is 0 Å². The standard InChI is InChI=1S/C15H20FN3O2/c1-3-6-19(10-20)11-4-5-13(16)12(7-11)15(2)9-21-8-14(17)18-15/h4-5,7,10H,3,6,8-9H2,1-2H3,(H2,17,18)/t15-/m0/s1. The Balaban J connectivity index is 2.44. The van der Waals surface area contributed by atoms with Crippen molar-refractivity contribution in [3.63, 3.8) is 0 Å². The molecule has 0 bridgehead atoms. The fourth-order valence-corrected chi connectivity index (χ4v) is 2.46. The molecule has 0 saturated heterocycles. The zero-order chi connectivity index (χ0) is 15.5. The monoisotopic (exact) mass is 293 g/mol. The van der Waals surface area contributed by atoms with Gasteiger partial charge in [0, 0.05) is 17.8 Å². The molecule has 1 aliphatic rings. The number of nitrogens with two attached hydrogens (primary N) is 1. The van der Waals surface area contributed by atoms with Crippen LogP contribution in [0, 0.1) is 5.82 Å². The average Bonchev–Trinajstić information content (AvgIpc) is 2.45. The van der Waals surface area contributed by atoms with E-state index in [0.717, 1.165) is 12.8 Å². The van der Waals surface area contributed by atoms with Crippen molar-refractivity contribution in [1.29, 1.82) is 0 Å². The van der Waals surface area contributed by atoms with E-state index in [1.54, 1.807) is 24.0 Å². The molecule has 21 heavy (non-hydrogen) atoms. The zero-order valence-corrected chi connectivity index (χ0v) is 12.3. The highest BCUT2D eigenvalue weighted by atomic mass is 19.1. The van der Waals surface area contributed by atoms with Gasteiger partial charge >= 0.3 is 0 Å². The van der Waals surface area contributed by atoms with Gasteiger partial charge in [0.2, 0.25) is 6.41 Å². The lowest BCUT2D eigenvalue weighted by molar-refractivity contribution is -0.107. The van der Waals surface area contributed by atoms with E-state index in [2.05, 4.69) is 4.99 Å². The van der Waals surface area contributed by atoms with Crippen molar-refractivity contribution in [3.05, 3.63) is 29.6 Å². The SMILES string of the molecule is CCCN(C=O)c1ccc(F)c([C@]2(C)COCC(N)=N2)c1. The van der Waals surface area contributed by atoms with Gasteiger partial charge in [-0.2, -0.15) is 0 Å². The number of rotatable bonds is 5. The summed E-state index contributed by atoms with van der Waals surface area (Å²) in [7, 11) is 0. The minimum absolute atomic E-state index is 0.253. The number of nitrogens with zero attached hydrogens (tertiary/aromatic N) is 2. The van der Waals surface area contributed by atoms with Crippen LogP contribution in [0.2, 0.25) is 0 Å². The second-order valence-corrected chi connectivity index (χ2v) is 5.33. The maximum Gasteiger partial charge on any atom is 0.214 e. The molecule has 0 aromatic heterocycles. The van der Waals surface area contributed by atoms with Crippen LogP contribution in [0.4, 0.5) is 10.1 Å². The van der Waals surface area contributed by atoms with Crippen LogP contribution in [0.3, 0.4) is 0 Å². The predicted octanol–water partition coefficient (Wildman–Crippen LogP) is 1.80. The van der Waals surface area contributed by atoms with Crippen molar-refractivity contribution in [3.8, 4) is 0 Å². The second kappa shape index (κ2) is 6.22. The van der Waals surface area contributed by atoms with Gasteiger partial charge in [-0.15, -0.1) is 0 Å². The van der Waals surface area contributed by atoms with E-state index in [0.29, 0.717) is 23.6 Å². The van der Waals surface area contributed by atoms with Crippen LogP contribution >= 0.6 is 0 Å². The molecule has 1 amide bonds. The lowest BCUT2D eigenvalue weighted by Crippen LogP contribution is -2.38. The molecule has 0 saturated carbocycles. The molecule has 2 N–H and O–H groups in total. The third kappa shape index (κ3) is 3.21. The first-order valence-corrected chi connectivity index (χ1v) is 6.94. The number of benzene rings is 1. The van der Waals surface area contributed by atoms with E-state index in [9.17, 15) is 9.18 Å². The summed E-state index contributed by atoms with van der Waals surface area (Å²) in [5.74, 6) is -0.0417. The Morgan fingerprint density at radius 2 is 2.33 bits per heavy atom. The average molecular weight is 293 g/mol. The third-order valence-corrected chi connectivity index (χ3v) is 3.48. The Hall–Kier alpha value is -1.95. The zero-order valence-electron chi connectivity index (χ0n) is 12.3. The molecule has 2 rings (SSSR count). The number of halogens is 1. The number of aliphatic imine (C=N–C) groups is 1. The van der Waals surface area contributed by atoms with Crippen LogP contribution in [0.1, 0.15) is 25.8 Å². The maximum atomic E-state index is 14.2.